The highest BCUT2D eigenvalue weighted by Crippen LogP contribution is 2.33. The number of hydrogen-bond acceptors (Lipinski definition) is 6. The molecule has 1 aliphatic carbocycles. The number of thioether (sulfide) groups is 1. The van der Waals surface area contributed by atoms with Crippen LogP contribution in [0, 0.1) is 0 Å². The van der Waals surface area contributed by atoms with Crippen molar-refractivity contribution in [2.45, 2.75) is 37.3 Å². The minimum absolute atomic E-state index is 0.00123. The molecule has 0 amide bonds. The fraction of sp³-hybridized carbons (Fsp3) is 0.818. The van der Waals surface area contributed by atoms with E-state index in [1.54, 1.807) is 0 Å². The molecule has 1 aromatic heterocycles. The number of aromatic nitrogens is 2. The monoisotopic (exact) mass is 255 g/mol. The largest absolute Gasteiger partial charge is 0.368 e. The molecule has 17 heavy (non-hydrogen) atoms. The maximum Gasteiger partial charge on any atom is 0.229 e. The zero-order valence-corrected chi connectivity index (χ0v) is 10.5. The molecule has 0 spiro atoms. The molecule has 0 aromatic carbocycles. The van der Waals surface area contributed by atoms with Gasteiger partial charge in [0.05, 0.1) is 6.61 Å². The van der Waals surface area contributed by atoms with Crippen molar-refractivity contribution in [2.24, 2.45) is 5.73 Å². The number of nitrogens with zero attached hydrogens (tertiary/aromatic N) is 2. The molecular weight excluding hydrogens is 238 g/mol. The van der Waals surface area contributed by atoms with Gasteiger partial charge in [0.25, 0.3) is 0 Å². The SMILES string of the molecule is N[C@H]1CC[C@@H](c2nc(C3CSCCO3)no2)C1. The molecule has 1 aliphatic heterocycles. The standard InChI is InChI=1S/C11H17N3O2S/c12-8-2-1-7(5-8)11-13-10(14-16-11)9-6-17-4-3-15-9/h7-9H,1-6,12H2/t7-,8+,9?/m1/s1. The molecule has 6 heteroatoms. The van der Waals surface area contributed by atoms with Gasteiger partial charge in [0.15, 0.2) is 0 Å². The van der Waals surface area contributed by atoms with E-state index in [1.807, 2.05) is 11.8 Å². The van der Waals surface area contributed by atoms with Crippen molar-refractivity contribution in [2.75, 3.05) is 18.1 Å². The molecule has 2 fully saturated rings. The first-order valence-electron chi connectivity index (χ1n) is 6.11. The van der Waals surface area contributed by atoms with Crippen LogP contribution in [0.1, 0.15) is 43.0 Å². The maximum atomic E-state index is 5.89. The van der Waals surface area contributed by atoms with Crippen molar-refractivity contribution in [3.8, 4) is 0 Å². The minimum Gasteiger partial charge on any atom is -0.368 e. The van der Waals surface area contributed by atoms with Gasteiger partial charge in [-0.05, 0) is 19.3 Å². The summed E-state index contributed by atoms with van der Waals surface area (Å²) >= 11 is 1.87. The smallest absolute Gasteiger partial charge is 0.229 e. The van der Waals surface area contributed by atoms with Crippen LogP contribution in [0.3, 0.4) is 0 Å². The van der Waals surface area contributed by atoms with Gasteiger partial charge < -0.3 is 15.0 Å². The maximum absolute atomic E-state index is 5.89. The van der Waals surface area contributed by atoms with E-state index in [1.165, 1.54) is 0 Å². The third-order valence-corrected chi connectivity index (χ3v) is 4.38. The molecule has 0 radical (unpaired) electrons. The summed E-state index contributed by atoms with van der Waals surface area (Å²) in [6.45, 7) is 0.771. The second-order valence-corrected chi connectivity index (χ2v) is 5.85. The van der Waals surface area contributed by atoms with E-state index in [-0.39, 0.29) is 12.1 Å². The van der Waals surface area contributed by atoms with Crippen molar-refractivity contribution in [1.82, 2.24) is 10.1 Å². The van der Waals surface area contributed by atoms with Gasteiger partial charge in [-0.2, -0.15) is 16.7 Å². The summed E-state index contributed by atoms with van der Waals surface area (Å²) in [5.74, 6) is 3.77. The summed E-state index contributed by atoms with van der Waals surface area (Å²) < 4.78 is 11.0. The molecule has 2 N–H and O–H groups in total. The van der Waals surface area contributed by atoms with E-state index < -0.39 is 0 Å². The first-order chi connectivity index (χ1) is 8.33. The molecule has 0 bridgehead atoms. The highest BCUT2D eigenvalue weighted by Gasteiger charge is 2.29. The van der Waals surface area contributed by atoms with Gasteiger partial charge >= 0.3 is 0 Å². The van der Waals surface area contributed by atoms with E-state index >= 15 is 0 Å². The van der Waals surface area contributed by atoms with Crippen molar-refractivity contribution >= 4 is 11.8 Å². The van der Waals surface area contributed by atoms with Crippen LogP contribution in [0.5, 0.6) is 0 Å². The highest BCUT2D eigenvalue weighted by atomic mass is 32.2. The molecule has 3 rings (SSSR count). The van der Waals surface area contributed by atoms with Crippen molar-refractivity contribution in [3.63, 3.8) is 0 Å². The highest BCUT2D eigenvalue weighted by molar-refractivity contribution is 7.99. The molecule has 2 aliphatic rings. The first-order valence-corrected chi connectivity index (χ1v) is 7.27. The molecule has 94 valence electrons. The Balaban J connectivity index is 1.69. The van der Waals surface area contributed by atoms with Gasteiger partial charge in [-0.15, -0.1) is 0 Å². The Morgan fingerprint density at radius 1 is 1.35 bits per heavy atom. The predicted octanol–water partition coefficient (Wildman–Crippen LogP) is 1.47. The summed E-state index contributed by atoms with van der Waals surface area (Å²) in [7, 11) is 0. The van der Waals surface area contributed by atoms with Crippen LogP contribution in [-0.4, -0.2) is 34.3 Å². The lowest BCUT2D eigenvalue weighted by Crippen LogP contribution is -2.17. The van der Waals surface area contributed by atoms with Crippen molar-refractivity contribution in [3.05, 3.63) is 11.7 Å². The molecule has 3 atom stereocenters. The minimum atomic E-state index is 0.00123. The van der Waals surface area contributed by atoms with Gasteiger partial charge in [-0.3, -0.25) is 0 Å². The van der Waals surface area contributed by atoms with E-state index in [0.717, 1.165) is 43.3 Å². The Morgan fingerprint density at radius 2 is 2.29 bits per heavy atom. The van der Waals surface area contributed by atoms with E-state index in [4.69, 9.17) is 15.0 Å². The van der Waals surface area contributed by atoms with E-state index in [2.05, 4.69) is 10.1 Å². The quantitative estimate of drug-likeness (QED) is 0.862. The molecule has 2 heterocycles. The van der Waals surface area contributed by atoms with Crippen molar-refractivity contribution < 1.29 is 9.26 Å². The Bertz CT molecular complexity index is 359. The lowest BCUT2D eigenvalue weighted by atomic mass is 10.1. The topological polar surface area (TPSA) is 74.2 Å². The lowest BCUT2D eigenvalue weighted by molar-refractivity contribution is 0.0677. The summed E-state index contributed by atoms with van der Waals surface area (Å²) in [6.07, 6.45) is 3.07. The van der Waals surface area contributed by atoms with Crippen LogP contribution in [0.25, 0.3) is 0 Å². The number of ether oxygens (including phenoxy) is 1. The summed E-state index contributed by atoms with van der Waals surface area (Å²) in [4.78, 5) is 4.48. The van der Waals surface area contributed by atoms with Gasteiger partial charge in [0.1, 0.15) is 6.10 Å². The fourth-order valence-corrected chi connectivity index (χ4v) is 3.26. The van der Waals surface area contributed by atoms with E-state index in [9.17, 15) is 0 Å². The van der Waals surface area contributed by atoms with Crippen LogP contribution in [-0.2, 0) is 4.74 Å². The zero-order valence-electron chi connectivity index (χ0n) is 9.67. The Morgan fingerprint density at radius 3 is 3.00 bits per heavy atom. The number of rotatable bonds is 2. The summed E-state index contributed by atoms with van der Waals surface area (Å²) in [5.41, 5.74) is 5.89. The zero-order chi connectivity index (χ0) is 11.7. The van der Waals surface area contributed by atoms with Crippen LogP contribution in [0.4, 0.5) is 0 Å². The van der Waals surface area contributed by atoms with Gasteiger partial charge in [-0.1, -0.05) is 5.16 Å². The van der Waals surface area contributed by atoms with Crippen LogP contribution < -0.4 is 5.73 Å². The van der Waals surface area contributed by atoms with E-state index in [0.29, 0.717) is 11.7 Å². The Labute approximate surface area is 104 Å². The Kier molecular flexibility index (Phi) is 3.35. The van der Waals surface area contributed by atoms with Crippen molar-refractivity contribution in [1.29, 1.82) is 0 Å². The number of nitrogens with two attached hydrogens (primary N) is 1. The third kappa shape index (κ3) is 2.48. The average Bonchev–Trinajstić information content (AvgIpc) is 2.98. The fourth-order valence-electron chi connectivity index (χ4n) is 2.42. The van der Waals surface area contributed by atoms with Gasteiger partial charge in [-0.25, -0.2) is 0 Å². The average molecular weight is 255 g/mol. The van der Waals surface area contributed by atoms with Crippen LogP contribution in [0.2, 0.25) is 0 Å². The molecular formula is C11H17N3O2S. The molecule has 1 unspecified atom stereocenters. The molecule has 1 saturated carbocycles. The second kappa shape index (κ2) is 4.96. The van der Waals surface area contributed by atoms with Crippen LogP contribution in [0.15, 0.2) is 4.52 Å². The summed E-state index contributed by atoms with van der Waals surface area (Å²) in [5, 5.41) is 4.04. The molecule has 5 nitrogen and oxygen atoms in total. The summed E-state index contributed by atoms with van der Waals surface area (Å²) in [6, 6.07) is 0.289. The normalized spacial score (nSPS) is 34.1. The number of hydrogen-bond donors (Lipinski definition) is 1. The third-order valence-electron chi connectivity index (χ3n) is 3.38. The predicted molar refractivity (Wildman–Crippen MR) is 64.9 cm³/mol. The Hall–Kier alpha value is -0.590. The lowest BCUT2D eigenvalue weighted by Gasteiger charge is -2.18. The van der Waals surface area contributed by atoms with Crippen LogP contribution >= 0.6 is 11.8 Å². The van der Waals surface area contributed by atoms with Gasteiger partial charge in [0.2, 0.25) is 11.7 Å². The van der Waals surface area contributed by atoms with Gasteiger partial charge in [0, 0.05) is 23.5 Å². The second-order valence-electron chi connectivity index (χ2n) is 4.70. The first kappa shape index (κ1) is 11.5. The molecule has 1 aromatic rings. The molecule has 1 saturated heterocycles.